The number of fused-ring (bicyclic) bond motifs is 1. The smallest absolute Gasteiger partial charge is 0.278 e. The Morgan fingerprint density at radius 1 is 1.09 bits per heavy atom. The monoisotopic (exact) mass is 435 g/mol. The Labute approximate surface area is 184 Å². The average Bonchev–Trinajstić information content (AvgIpc) is 3.15. The predicted octanol–water partition coefficient (Wildman–Crippen LogP) is 3.95. The van der Waals surface area contributed by atoms with Crippen LogP contribution in [0.15, 0.2) is 42.5 Å². The van der Waals surface area contributed by atoms with Gasteiger partial charge in [-0.05, 0) is 49.2 Å². The molecule has 4 aromatic rings. The largest absolute Gasteiger partial charge is 0.497 e. The Morgan fingerprint density at radius 3 is 2.50 bits per heavy atom. The number of nitrogens with zero attached hydrogens (tertiary/aromatic N) is 4. The van der Waals surface area contributed by atoms with Crippen molar-refractivity contribution < 1.29 is 18.7 Å². The molecule has 4 rings (SSSR count). The highest BCUT2D eigenvalue weighted by molar-refractivity contribution is 6.03. The first-order valence-corrected chi connectivity index (χ1v) is 9.88. The van der Waals surface area contributed by atoms with E-state index in [1.165, 1.54) is 12.1 Å². The van der Waals surface area contributed by atoms with Crippen molar-refractivity contribution in [1.29, 1.82) is 0 Å². The van der Waals surface area contributed by atoms with Gasteiger partial charge in [0.1, 0.15) is 11.6 Å². The van der Waals surface area contributed by atoms with E-state index in [9.17, 15) is 9.18 Å². The zero-order valence-electron chi connectivity index (χ0n) is 18.1. The van der Waals surface area contributed by atoms with Crippen LogP contribution in [-0.2, 0) is 11.3 Å². The summed E-state index contributed by atoms with van der Waals surface area (Å²) in [6, 6.07) is 12.0. The summed E-state index contributed by atoms with van der Waals surface area (Å²) < 4.78 is 26.3. The summed E-state index contributed by atoms with van der Waals surface area (Å²) in [5, 5.41) is 15.6. The van der Waals surface area contributed by atoms with Crippen LogP contribution in [0.1, 0.15) is 27.4 Å². The number of benzene rings is 2. The molecule has 9 heteroatoms. The van der Waals surface area contributed by atoms with Crippen LogP contribution in [0, 0.1) is 19.7 Å². The Kier molecular flexibility index (Phi) is 5.83. The highest BCUT2D eigenvalue weighted by Gasteiger charge is 2.22. The molecule has 164 valence electrons. The molecule has 0 saturated carbocycles. The van der Waals surface area contributed by atoms with E-state index in [4.69, 9.17) is 9.47 Å². The molecule has 2 heterocycles. The van der Waals surface area contributed by atoms with E-state index in [1.54, 1.807) is 38.6 Å². The molecule has 0 bridgehead atoms. The summed E-state index contributed by atoms with van der Waals surface area (Å²) in [4.78, 5) is 12.8. The number of anilines is 1. The third-order valence-corrected chi connectivity index (χ3v) is 5.09. The molecule has 1 N–H and O–H groups in total. The van der Waals surface area contributed by atoms with E-state index in [1.807, 2.05) is 24.3 Å². The van der Waals surface area contributed by atoms with Gasteiger partial charge in [0.25, 0.3) is 5.91 Å². The summed E-state index contributed by atoms with van der Waals surface area (Å²) in [5.74, 6) is -0.370. The number of carbonyl (C=O) groups excluding carboxylic acids is 1. The summed E-state index contributed by atoms with van der Waals surface area (Å²) in [6.45, 7) is 3.73. The Bertz CT molecular complexity index is 1300. The Balaban J connectivity index is 1.77. The van der Waals surface area contributed by atoms with Crippen molar-refractivity contribution in [1.82, 2.24) is 19.8 Å². The number of carbonyl (C=O) groups is 1. The lowest BCUT2D eigenvalue weighted by molar-refractivity contribution is 0.101. The van der Waals surface area contributed by atoms with Crippen molar-refractivity contribution in [2.24, 2.45) is 0 Å². The van der Waals surface area contributed by atoms with Crippen molar-refractivity contribution in [3.05, 3.63) is 70.9 Å². The van der Waals surface area contributed by atoms with Crippen LogP contribution in [0.4, 0.5) is 10.1 Å². The maximum absolute atomic E-state index is 14.2. The fourth-order valence-electron chi connectivity index (χ4n) is 3.45. The van der Waals surface area contributed by atoms with Crippen LogP contribution in [0.25, 0.3) is 16.8 Å². The second kappa shape index (κ2) is 8.72. The molecule has 1 amide bonds. The molecule has 0 aliphatic carbocycles. The third-order valence-electron chi connectivity index (χ3n) is 5.09. The van der Waals surface area contributed by atoms with Gasteiger partial charge in [-0.25, -0.2) is 8.91 Å². The first-order chi connectivity index (χ1) is 15.4. The van der Waals surface area contributed by atoms with Crippen LogP contribution in [0.3, 0.4) is 0 Å². The number of hydrogen-bond acceptors (Lipinski definition) is 6. The quantitative estimate of drug-likeness (QED) is 0.493. The Hall–Kier alpha value is -3.85. The van der Waals surface area contributed by atoms with Crippen molar-refractivity contribution in [3.63, 3.8) is 0 Å². The van der Waals surface area contributed by atoms with Gasteiger partial charge in [0.2, 0.25) is 0 Å². The van der Waals surface area contributed by atoms with Gasteiger partial charge in [0, 0.05) is 7.11 Å². The number of methoxy groups -OCH3 is 2. The van der Waals surface area contributed by atoms with Crippen LogP contribution in [-0.4, -0.2) is 39.9 Å². The van der Waals surface area contributed by atoms with Gasteiger partial charge in [-0.1, -0.05) is 18.2 Å². The molecular formula is C23H22FN5O3. The molecule has 0 spiro atoms. The number of amides is 1. The molecular weight excluding hydrogens is 413 g/mol. The molecule has 0 aliphatic heterocycles. The zero-order valence-corrected chi connectivity index (χ0v) is 18.1. The first kappa shape index (κ1) is 21.4. The van der Waals surface area contributed by atoms with Gasteiger partial charge in [-0.3, -0.25) is 4.79 Å². The molecule has 0 unspecified atom stereocenters. The summed E-state index contributed by atoms with van der Waals surface area (Å²) in [7, 11) is 3.18. The molecule has 8 nitrogen and oxygen atoms in total. The minimum atomic E-state index is -0.575. The predicted molar refractivity (Wildman–Crippen MR) is 117 cm³/mol. The fraction of sp³-hybridized carbons (Fsp3) is 0.217. The molecule has 2 aromatic carbocycles. The normalized spacial score (nSPS) is 11.0. The lowest BCUT2D eigenvalue weighted by Gasteiger charge is -2.09. The topological polar surface area (TPSA) is 90.6 Å². The molecule has 0 aliphatic rings. The summed E-state index contributed by atoms with van der Waals surface area (Å²) in [5.41, 5.74) is 4.09. The Morgan fingerprint density at radius 2 is 1.84 bits per heavy atom. The van der Waals surface area contributed by atoms with Gasteiger partial charge in [0.05, 0.1) is 36.4 Å². The van der Waals surface area contributed by atoms with E-state index in [0.717, 1.165) is 22.4 Å². The highest BCUT2D eigenvalue weighted by Crippen LogP contribution is 2.30. The number of aromatic nitrogens is 4. The fourth-order valence-corrected chi connectivity index (χ4v) is 3.45. The van der Waals surface area contributed by atoms with Crippen molar-refractivity contribution in [2.75, 3.05) is 19.5 Å². The molecule has 0 radical (unpaired) electrons. The van der Waals surface area contributed by atoms with Crippen LogP contribution in [0.5, 0.6) is 5.75 Å². The maximum atomic E-state index is 14.2. The minimum Gasteiger partial charge on any atom is -0.497 e. The average molecular weight is 435 g/mol. The van der Waals surface area contributed by atoms with Crippen molar-refractivity contribution >= 4 is 17.2 Å². The van der Waals surface area contributed by atoms with Gasteiger partial charge in [-0.15, -0.1) is 10.2 Å². The number of nitrogens with one attached hydrogen (secondary N) is 1. The van der Waals surface area contributed by atoms with E-state index >= 15 is 0 Å². The first-order valence-electron chi connectivity index (χ1n) is 9.88. The van der Waals surface area contributed by atoms with E-state index in [2.05, 4.69) is 20.6 Å². The molecule has 0 atom stereocenters. The van der Waals surface area contributed by atoms with Crippen LogP contribution in [0.2, 0.25) is 0 Å². The van der Waals surface area contributed by atoms with Crippen LogP contribution >= 0.6 is 0 Å². The van der Waals surface area contributed by atoms with Crippen LogP contribution < -0.4 is 10.1 Å². The molecule has 2 aromatic heterocycles. The maximum Gasteiger partial charge on any atom is 0.278 e. The van der Waals surface area contributed by atoms with Crippen molar-refractivity contribution in [3.8, 4) is 16.9 Å². The minimum absolute atomic E-state index is 0.0465. The summed E-state index contributed by atoms with van der Waals surface area (Å²) >= 11 is 0. The molecule has 0 fully saturated rings. The number of aryl methyl sites for hydroxylation is 2. The van der Waals surface area contributed by atoms with E-state index in [-0.39, 0.29) is 18.0 Å². The standard InChI is InChI=1S/C23H22FN5O3/c1-13-5-10-18(17(24)11-13)25-23(30)21-14(2)29-22(27-26-21)20(19(28-29)12-31-3)15-6-8-16(32-4)9-7-15/h5-11H,12H2,1-4H3,(H,25,30). The van der Waals surface area contributed by atoms with Gasteiger partial charge < -0.3 is 14.8 Å². The molecule has 32 heavy (non-hydrogen) atoms. The van der Waals surface area contributed by atoms with Crippen molar-refractivity contribution in [2.45, 2.75) is 20.5 Å². The highest BCUT2D eigenvalue weighted by atomic mass is 19.1. The van der Waals surface area contributed by atoms with Gasteiger partial charge >= 0.3 is 0 Å². The number of hydrogen-bond donors (Lipinski definition) is 1. The number of rotatable bonds is 6. The second-order valence-corrected chi connectivity index (χ2v) is 7.29. The number of ether oxygens (including phenoxy) is 2. The van der Waals surface area contributed by atoms with E-state index < -0.39 is 11.7 Å². The third kappa shape index (κ3) is 3.90. The SMILES string of the molecule is COCc1nn2c(C)c(C(=O)Nc3ccc(C)cc3F)nnc2c1-c1ccc(OC)cc1. The lowest BCUT2D eigenvalue weighted by Crippen LogP contribution is -2.19. The number of halogens is 1. The van der Waals surface area contributed by atoms with E-state index in [0.29, 0.717) is 17.0 Å². The van der Waals surface area contributed by atoms with Gasteiger partial charge in [0.15, 0.2) is 11.3 Å². The lowest BCUT2D eigenvalue weighted by atomic mass is 10.1. The zero-order chi connectivity index (χ0) is 22.8. The summed E-state index contributed by atoms with van der Waals surface area (Å²) in [6.07, 6.45) is 0. The molecule has 0 saturated heterocycles. The van der Waals surface area contributed by atoms with Gasteiger partial charge in [-0.2, -0.15) is 5.10 Å². The second-order valence-electron chi connectivity index (χ2n) is 7.29.